The van der Waals surface area contributed by atoms with E-state index in [9.17, 15) is 13.2 Å². The number of anilines is 2. The summed E-state index contributed by atoms with van der Waals surface area (Å²) in [4.78, 5) is 0. The van der Waals surface area contributed by atoms with Crippen LogP contribution in [0.1, 0.15) is 16.7 Å². The fraction of sp³-hybridized carbons (Fsp3) is 0.188. The van der Waals surface area contributed by atoms with E-state index >= 15 is 0 Å². The summed E-state index contributed by atoms with van der Waals surface area (Å²) in [6, 6.07) is 9.09. The van der Waals surface area contributed by atoms with Crippen molar-refractivity contribution in [2.24, 2.45) is 0 Å². The maximum atomic E-state index is 13.1. The van der Waals surface area contributed by atoms with Crippen molar-refractivity contribution in [1.29, 1.82) is 0 Å². The minimum atomic E-state index is -4.53. The molecule has 2 rings (SSSR count). The minimum Gasteiger partial charge on any atom is -0.332 e. The molecule has 0 saturated heterocycles. The van der Waals surface area contributed by atoms with Crippen molar-refractivity contribution in [2.75, 3.05) is 10.6 Å². The van der Waals surface area contributed by atoms with Gasteiger partial charge in [-0.2, -0.15) is 13.2 Å². The van der Waals surface area contributed by atoms with Crippen molar-refractivity contribution in [3.63, 3.8) is 0 Å². The Bertz CT molecular complexity index is 745. The molecular weight excluding hydrogens is 345 g/mol. The molecule has 0 unspecified atom stereocenters. The highest BCUT2D eigenvalue weighted by molar-refractivity contribution is 7.80. The molecular formula is C16H14ClF3N2S. The Morgan fingerprint density at radius 1 is 1.04 bits per heavy atom. The lowest BCUT2D eigenvalue weighted by atomic mass is 10.1. The van der Waals surface area contributed by atoms with Gasteiger partial charge >= 0.3 is 6.18 Å². The van der Waals surface area contributed by atoms with Crippen molar-refractivity contribution < 1.29 is 13.2 Å². The summed E-state index contributed by atoms with van der Waals surface area (Å²) in [6.45, 7) is 3.85. The van der Waals surface area contributed by atoms with Gasteiger partial charge in [0.25, 0.3) is 0 Å². The van der Waals surface area contributed by atoms with Gasteiger partial charge in [-0.3, -0.25) is 0 Å². The van der Waals surface area contributed by atoms with E-state index in [0.717, 1.165) is 22.9 Å². The van der Waals surface area contributed by atoms with Gasteiger partial charge < -0.3 is 10.6 Å². The van der Waals surface area contributed by atoms with Crippen LogP contribution >= 0.6 is 23.8 Å². The zero-order valence-electron chi connectivity index (χ0n) is 12.4. The van der Waals surface area contributed by atoms with Gasteiger partial charge in [-0.25, -0.2) is 0 Å². The molecule has 0 atom stereocenters. The quantitative estimate of drug-likeness (QED) is 0.665. The van der Waals surface area contributed by atoms with E-state index in [2.05, 4.69) is 10.6 Å². The van der Waals surface area contributed by atoms with E-state index in [4.69, 9.17) is 23.8 Å². The van der Waals surface area contributed by atoms with Gasteiger partial charge in [0.05, 0.1) is 11.3 Å². The number of rotatable bonds is 2. The van der Waals surface area contributed by atoms with E-state index in [0.29, 0.717) is 0 Å². The normalized spacial score (nSPS) is 11.2. The van der Waals surface area contributed by atoms with Crippen LogP contribution in [0.15, 0.2) is 36.4 Å². The zero-order chi connectivity index (χ0) is 17.2. The second-order valence-electron chi connectivity index (χ2n) is 5.01. The molecule has 0 aliphatic carbocycles. The third-order valence-electron chi connectivity index (χ3n) is 3.39. The molecule has 0 spiro atoms. The molecule has 0 amide bonds. The van der Waals surface area contributed by atoms with Crippen LogP contribution in [-0.2, 0) is 6.18 Å². The molecule has 7 heteroatoms. The van der Waals surface area contributed by atoms with Crippen LogP contribution in [-0.4, -0.2) is 5.11 Å². The van der Waals surface area contributed by atoms with Gasteiger partial charge in [0.1, 0.15) is 0 Å². The monoisotopic (exact) mass is 358 g/mol. The van der Waals surface area contributed by atoms with Gasteiger partial charge in [0, 0.05) is 10.7 Å². The fourth-order valence-corrected chi connectivity index (χ4v) is 2.41. The third-order valence-corrected chi connectivity index (χ3v) is 3.83. The molecule has 0 saturated carbocycles. The van der Waals surface area contributed by atoms with Crippen LogP contribution in [0.3, 0.4) is 0 Å². The Balaban J connectivity index is 2.23. The largest absolute Gasteiger partial charge is 0.418 e. The molecule has 0 radical (unpaired) electrons. The van der Waals surface area contributed by atoms with E-state index < -0.39 is 11.7 Å². The Hall–Kier alpha value is -1.79. The van der Waals surface area contributed by atoms with E-state index in [1.54, 1.807) is 0 Å². The molecule has 0 fully saturated rings. The van der Waals surface area contributed by atoms with Gasteiger partial charge in [0.15, 0.2) is 5.11 Å². The number of hydrogen-bond donors (Lipinski definition) is 2. The minimum absolute atomic E-state index is 0.0104. The lowest BCUT2D eigenvalue weighted by Crippen LogP contribution is -2.22. The molecule has 0 aliphatic rings. The van der Waals surface area contributed by atoms with E-state index in [1.807, 2.05) is 32.0 Å². The van der Waals surface area contributed by atoms with Gasteiger partial charge in [-0.15, -0.1) is 0 Å². The first-order valence-corrected chi connectivity index (χ1v) is 7.48. The summed E-state index contributed by atoms with van der Waals surface area (Å²) in [5, 5.41) is 5.58. The topological polar surface area (TPSA) is 24.1 Å². The standard InChI is InChI=1S/C16H14ClF3N2S/c1-9-4-3-5-13(10(9)2)21-15(23)22-14-7-6-11(17)8-12(14)16(18,19)20/h3-8H,1-2H3,(H2,21,22,23). The number of hydrogen-bond acceptors (Lipinski definition) is 1. The van der Waals surface area contributed by atoms with Crippen LogP contribution in [0.5, 0.6) is 0 Å². The highest BCUT2D eigenvalue weighted by atomic mass is 35.5. The van der Waals surface area contributed by atoms with Gasteiger partial charge in [0.2, 0.25) is 0 Å². The van der Waals surface area contributed by atoms with Crippen molar-refractivity contribution in [3.8, 4) is 0 Å². The summed E-state index contributed by atoms with van der Waals surface area (Å²) < 4.78 is 39.2. The van der Waals surface area contributed by atoms with Crippen molar-refractivity contribution in [2.45, 2.75) is 20.0 Å². The first-order valence-electron chi connectivity index (χ1n) is 6.69. The number of aryl methyl sites for hydroxylation is 1. The number of nitrogens with one attached hydrogen (secondary N) is 2. The predicted molar refractivity (Wildman–Crippen MR) is 92.2 cm³/mol. The lowest BCUT2D eigenvalue weighted by Gasteiger charge is -2.17. The molecule has 0 heterocycles. The molecule has 2 N–H and O–H groups in total. The van der Waals surface area contributed by atoms with Crippen LogP contribution in [0.25, 0.3) is 0 Å². The van der Waals surface area contributed by atoms with E-state index in [1.165, 1.54) is 12.1 Å². The van der Waals surface area contributed by atoms with Crippen LogP contribution < -0.4 is 10.6 Å². The molecule has 0 aliphatic heterocycles. The Kier molecular flexibility index (Phi) is 5.16. The molecule has 2 nitrogen and oxygen atoms in total. The summed E-state index contributed by atoms with van der Waals surface area (Å²) in [6.07, 6.45) is -4.53. The second-order valence-corrected chi connectivity index (χ2v) is 5.86. The summed E-state index contributed by atoms with van der Waals surface area (Å²) >= 11 is 10.8. The Morgan fingerprint density at radius 3 is 2.35 bits per heavy atom. The van der Waals surface area contributed by atoms with Crippen molar-refractivity contribution in [1.82, 2.24) is 0 Å². The molecule has 23 heavy (non-hydrogen) atoms. The van der Waals surface area contributed by atoms with Crippen LogP contribution in [0, 0.1) is 13.8 Å². The van der Waals surface area contributed by atoms with E-state index in [-0.39, 0.29) is 15.8 Å². The molecule has 122 valence electrons. The third kappa shape index (κ3) is 4.36. The van der Waals surface area contributed by atoms with Gasteiger partial charge in [-0.05, 0) is 61.5 Å². The summed E-state index contributed by atoms with van der Waals surface area (Å²) in [5.74, 6) is 0. The first-order chi connectivity index (χ1) is 10.7. The Morgan fingerprint density at radius 2 is 1.70 bits per heavy atom. The maximum absolute atomic E-state index is 13.1. The maximum Gasteiger partial charge on any atom is 0.418 e. The first kappa shape index (κ1) is 17.6. The molecule has 2 aromatic rings. The number of alkyl halides is 3. The van der Waals surface area contributed by atoms with Crippen molar-refractivity contribution >= 4 is 40.3 Å². The zero-order valence-corrected chi connectivity index (χ0v) is 14.0. The SMILES string of the molecule is Cc1cccc(NC(=S)Nc2ccc(Cl)cc2C(F)(F)F)c1C. The average Bonchev–Trinajstić information content (AvgIpc) is 2.45. The lowest BCUT2D eigenvalue weighted by molar-refractivity contribution is -0.136. The molecule has 0 bridgehead atoms. The number of thiocarbonyl (C=S) groups is 1. The molecule has 0 aromatic heterocycles. The van der Waals surface area contributed by atoms with Crippen molar-refractivity contribution in [3.05, 3.63) is 58.1 Å². The average molecular weight is 359 g/mol. The fourth-order valence-electron chi connectivity index (χ4n) is 2.02. The van der Waals surface area contributed by atoms with Gasteiger partial charge in [-0.1, -0.05) is 23.7 Å². The second kappa shape index (κ2) is 6.76. The Labute approximate surface area is 142 Å². The highest BCUT2D eigenvalue weighted by Crippen LogP contribution is 2.36. The number of benzene rings is 2. The summed E-state index contributed by atoms with van der Waals surface area (Å²) in [7, 11) is 0. The predicted octanol–water partition coefficient (Wildman–Crippen LogP) is 5.78. The van der Waals surface area contributed by atoms with Crippen LogP contribution in [0.4, 0.5) is 24.5 Å². The smallest absolute Gasteiger partial charge is 0.332 e. The van der Waals surface area contributed by atoms with Crippen LogP contribution in [0.2, 0.25) is 5.02 Å². The number of halogens is 4. The molecule has 2 aromatic carbocycles. The summed E-state index contributed by atoms with van der Waals surface area (Å²) in [5.41, 5.74) is 1.76. The highest BCUT2D eigenvalue weighted by Gasteiger charge is 2.34.